The van der Waals surface area contributed by atoms with Crippen molar-refractivity contribution < 1.29 is 9.53 Å². The first-order valence-electron chi connectivity index (χ1n) is 9.50. The van der Waals surface area contributed by atoms with E-state index in [1.165, 1.54) is 18.6 Å². The summed E-state index contributed by atoms with van der Waals surface area (Å²) < 4.78 is 5.56. The maximum Gasteiger partial charge on any atom is 0.274 e. The van der Waals surface area contributed by atoms with Crippen molar-refractivity contribution in [1.82, 2.24) is 19.9 Å². The molecule has 0 fully saturated rings. The minimum Gasteiger partial charge on any atom is -0.494 e. The molecule has 0 bridgehead atoms. The Balaban J connectivity index is 1.69. The number of aromatic nitrogens is 3. The minimum atomic E-state index is -0.279. The number of pyridine rings is 1. The van der Waals surface area contributed by atoms with Gasteiger partial charge in [0.1, 0.15) is 11.4 Å². The van der Waals surface area contributed by atoms with Crippen LogP contribution in [0.15, 0.2) is 65.2 Å². The van der Waals surface area contributed by atoms with Gasteiger partial charge in [-0.1, -0.05) is 6.07 Å². The number of benzene rings is 1. The van der Waals surface area contributed by atoms with Crippen LogP contribution in [0.2, 0.25) is 0 Å². The Labute approximate surface area is 177 Å². The third-order valence-corrected chi connectivity index (χ3v) is 5.42. The molecule has 0 saturated heterocycles. The van der Waals surface area contributed by atoms with E-state index in [2.05, 4.69) is 15.0 Å². The molecule has 0 unspecified atom stereocenters. The van der Waals surface area contributed by atoms with E-state index >= 15 is 0 Å². The molecule has 0 aliphatic heterocycles. The van der Waals surface area contributed by atoms with E-state index in [1.54, 1.807) is 16.2 Å². The van der Waals surface area contributed by atoms with Crippen LogP contribution < -0.4 is 10.3 Å². The molecule has 0 aliphatic carbocycles. The van der Waals surface area contributed by atoms with E-state index in [-0.39, 0.29) is 23.7 Å². The van der Waals surface area contributed by atoms with Crippen molar-refractivity contribution in [3.8, 4) is 5.75 Å². The quantitative estimate of drug-likeness (QED) is 0.493. The highest BCUT2D eigenvalue weighted by Gasteiger charge is 2.20. The Hall–Kier alpha value is -3.52. The largest absolute Gasteiger partial charge is 0.494 e. The first-order valence-corrected chi connectivity index (χ1v) is 10.4. The van der Waals surface area contributed by atoms with Crippen LogP contribution in [0.1, 0.15) is 27.9 Å². The van der Waals surface area contributed by atoms with Crippen LogP contribution in [0.3, 0.4) is 0 Å². The minimum absolute atomic E-state index is 0.150. The second-order valence-corrected chi connectivity index (χ2v) is 7.67. The number of H-pyrrole nitrogens is 1. The number of fused-ring (bicyclic) bond motifs is 1. The van der Waals surface area contributed by atoms with Crippen molar-refractivity contribution in [2.45, 2.75) is 20.0 Å². The monoisotopic (exact) mass is 420 g/mol. The molecule has 0 spiro atoms. The first kappa shape index (κ1) is 19.8. The van der Waals surface area contributed by atoms with Crippen LogP contribution in [0.5, 0.6) is 5.75 Å². The van der Waals surface area contributed by atoms with Crippen LogP contribution in [0.25, 0.3) is 10.9 Å². The van der Waals surface area contributed by atoms with E-state index in [1.807, 2.05) is 48.7 Å². The van der Waals surface area contributed by atoms with Gasteiger partial charge >= 0.3 is 0 Å². The summed E-state index contributed by atoms with van der Waals surface area (Å²) in [5, 5.41) is 2.80. The van der Waals surface area contributed by atoms with E-state index in [0.717, 1.165) is 21.5 Å². The standard InChI is InChI=1S/C22H20N4O3S/c1-2-29-17-5-6-19-15(11-17)10-16(21(27)25-19)13-26(14-18-4-3-9-30-18)22(28)20-12-23-7-8-24-20/h3-12H,2,13-14H2,1H3,(H,25,27). The lowest BCUT2D eigenvalue weighted by molar-refractivity contribution is 0.0724. The number of amides is 1. The normalized spacial score (nSPS) is 10.8. The average molecular weight is 420 g/mol. The predicted octanol–water partition coefficient (Wildman–Crippen LogP) is 3.62. The molecule has 1 aromatic carbocycles. The Morgan fingerprint density at radius 2 is 2.10 bits per heavy atom. The highest BCUT2D eigenvalue weighted by atomic mass is 32.1. The Morgan fingerprint density at radius 1 is 1.20 bits per heavy atom. The maximum atomic E-state index is 13.1. The number of nitrogens with zero attached hydrogens (tertiary/aromatic N) is 3. The fourth-order valence-corrected chi connectivity index (χ4v) is 3.89. The summed E-state index contributed by atoms with van der Waals surface area (Å²) in [6.07, 6.45) is 4.43. The molecule has 1 amide bonds. The van der Waals surface area contributed by atoms with Crippen LogP contribution in [-0.2, 0) is 13.1 Å². The van der Waals surface area contributed by atoms with Crippen molar-refractivity contribution >= 4 is 28.1 Å². The second-order valence-electron chi connectivity index (χ2n) is 6.64. The zero-order valence-electron chi connectivity index (χ0n) is 16.4. The van der Waals surface area contributed by atoms with E-state index < -0.39 is 0 Å². The number of hydrogen-bond acceptors (Lipinski definition) is 6. The molecule has 4 rings (SSSR count). The molecule has 30 heavy (non-hydrogen) atoms. The SMILES string of the molecule is CCOc1ccc2[nH]c(=O)c(CN(Cc3cccs3)C(=O)c3cnccn3)cc2c1. The smallest absolute Gasteiger partial charge is 0.274 e. The van der Waals surface area contributed by atoms with Crippen LogP contribution >= 0.6 is 11.3 Å². The molecule has 0 saturated carbocycles. The van der Waals surface area contributed by atoms with Crippen molar-refractivity contribution in [2.24, 2.45) is 0 Å². The number of hydrogen-bond donors (Lipinski definition) is 1. The summed E-state index contributed by atoms with van der Waals surface area (Å²) in [6, 6.07) is 11.2. The van der Waals surface area contributed by atoms with Crippen LogP contribution in [-0.4, -0.2) is 32.4 Å². The number of thiophene rings is 1. The first-order chi connectivity index (χ1) is 14.6. The molecule has 1 N–H and O–H groups in total. The number of nitrogens with one attached hydrogen (secondary N) is 1. The second kappa shape index (κ2) is 8.87. The van der Waals surface area contributed by atoms with Gasteiger partial charge in [-0.05, 0) is 42.6 Å². The van der Waals surface area contributed by atoms with Gasteiger partial charge in [0.25, 0.3) is 11.5 Å². The van der Waals surface area contributed by atoms with Crippen molar-refractivity contribution in [1.29, 1.82) is 0 Å². The molecule has 0 aliphatic rings. The Bertz CT molecular complexity index is 1210. The number of carbonyl (C=O) groups excluding carboxylic acids is 1. The van der Waals surface area contributed by atoms with Gasteiger partial charge in [-0.3, -0.25) is 14.6 Å². The number of aromatic amines is 1. The van der Waals surface area contributed by atoms with E-state index in [4.69, 9.17) is 4.74 Å². The van der Waals surface area contributed by atoms with Gasteiger partial charge < -0.3 is 14.6 Å². The van der Waals surface area contributed by atoms with Crippen LogP contribution in [0, 0.1) is 0 Å². The van der Waals surface area contributed by atoms with Gasteiger partial charge in [-0.15, -0.1) is 11.3 Å². The summed E-state index contributed by atoms with van der Waals surface area (Å²) in [5.41, 5.74) is 1.22. The molecule has 4 aromatic rings. The molecule has 8 heteroatoms. The van der Waals surface area contributed by atoms with Crippen molar-refractivity contribution in [2.75, 3.05) is 6.61 Å². The van der Waals surface area contributed by atoms with Crippen molar-refractivity contribution in [3.63, 3.8) is 0 Å². The summed E-state index contributed by atoms with van der Waals surface area (Å²) in [7, 11) is 0. The molecule has 152 valence electrons. The van der Waals surface area contributed by atoms with Gasteiger partial charge in [-0.25, -0.2) is 4.98 Å². The van der Waals surface area contributed by atoms with Gasteiger partial charge in [0.2, 0.25) is 0 Å². The molecule has 3 aromatic heterocycles. The summed E-state index contributed by atoms with van der Waals surface area (Å²) in [6.45, 7) is 3.01. The van der Waals surface area contributed by atoms with E-state index in [9.17, 15) is 9.59 Å². The predicted molar refractivity (Wildman–Crippen MR) is 116 cm³/mol. The van der Waals surface area contributed by atoms with Crippen molar-refractivity contribution in [3.05, 3.63) is 86.9 Å². The highest BCUT2D eigenvalue weighted by molar-refractivity contribution is 7.09. The molecular weight excluding hydrogens is 400 g/mol. The lowest BCUT2D eigenvalue weighted by Crippen LogP contribution is -2.32. The Kier molecular flexibility index (Phi) is 5.85. The molecule has 7 nitrogen and oxygen atoms in total. The lowest BCUT2D eigenvalue weighted by atomic mass is 10.1. The summed E-state index contributed by atoms with van der Waals surface area (Å²) in [5.74, 6) is 0.452. The fraction of sp³-hybridized carbons (Fsp3) is 0.182. The van der Waals surface area contributed by atoms with Gasteiger partial charge in [0, 0.05) is 33.7 Å². The number of rotatable bonds is 7. The highest BCUT2D eigenvalue weighted by Crippen LogP contribution is 2.21. The molecule has 3 heterocycles. The maximum absolute atomic E-state index is 13.1. The molecular formula is C22H20N4O3S. The zero-order chi connectivity index (χ0) is 20.9. The summed E-state index contributed by atoms with van der Waals surface area (Å²) >= 11 is 1.56. The Morgan fingerprint density at radius 3 is 2.83 bits per heavy atom. The molecule has 0 atom stereocenters. The van der Waals surface area contributed by atoms with Crippen LogP contribution in [0.4, 0.5) is 0 Å². The molecule has 0 radical (unpaired) electrons. The van der Waals surface area contributed by atoms with Gasteiger partial charge in [0.15, 0.2) is 0 Å². The number of carbonyl (C=O) groups is 1. The topological polar surface area (TPSA) is 88.2 Å². The third-order valence-electron chi connectivity index (χ3n) is 4.56. The van der Waals surface area contributed by atoms with Gasteiger partial charge in [-0.2, -0.15) is 0 Å². The third kappa shape index (κ3) is 4.38. The summed E-state index contributed by atoms with van der Waals surface area (Å²) in [4.78, 5) is 39.4. The van der Waals surface area contributed by atoms with E-state index in [0.29, 0.717) is 18.7 Å². The zero-order valence-corrected chi connectivity index (χ0v) is 17.2. The average Bonchev–Trinajstić information content (AvgIpc) is 3.27. The number of ether oxygens (including phenoxy) is 1. The van der Waals surface area contributed by atoms with Gasteiger partial charge in [0.05, 0.1) is 25.9 Å². The fourth-order valence-electron chi connectivity index (χ4n) is 3.17. The lowest BCUT2D eigenvalue weighted by Gasteiger charge is -2.21.